The van der Waals surface area contributed by atoms with Crippen LogP contribution < -0.4 is 0 Å². The molecule has 0 aliphatic heterocycles. The Morgan fingerprint density at radius 1 is 0.463 bits per heavy atom. The molecule has 4 heteroatoms. The van der Waals surface area contributed by atoms with Crippen molar-refractivity contribution in [3.05, 3.63) is 141 Å². The maximum atomic E-state index is 5.05. The van der Waals surface area contributed by atoms with Crippen molar-refractivity contribution >= 4 is 10.8 Å². The maximum Gasteiger partial charge on any atom is 0.137 e. The van der Waals surface area contributed by atoms with E-state index < -0.39 is 0 Å². The van der Waals surface area contributed by atoms with Gasteiger partial charge in [-0.15, -0.1) is 0 Å². The number of hydrogen-bond acceptors (Lipinski definition) is 2. The molecular formula is C37H38N4. The van der Waals surface area contributed by atoms with E-state index in [0.717, 1.165) is 42.3 Å². The predicted octanol–water partition coefficient (Wildman–Crippen LogP) is 8.44. The SMILES string of the molecule is Cc1cc(CCc2ccc3ccc(Cc4cc(C)cc(-n5c(C)ccc5C)n4)cc3c2)nc(-n2c(C)ccc2C)c1. The molecule has 41 heavy (non-hydrogen) atoms. The van der Waals surface area contributed by atoms with Crippen molar-refractivity contribution in [1.29, 1.82) is 0 Å². The number of benzene rings is 2. The third kappa shape index (κ3) is 5.60. The molecule has 0 saturated carbocycles. The summed E-state index contributed by atoms with van der Waals surface area (Å²) in [4.78, 5) is 10.1. The van der Waals surface area contributed by atoms with E-state index >= 15 is 0 Å². The van der Waals surface area contributed by atoms with Gasteiger partial charge in [-0.1, -0.05) is 36.4 Å². The zero-order valence-corrected chi connectivity index (χ0v) is 25.0. The van der Waals surface area contributed by atoms with Gasteiger partial charge in [-0.05, 0) is 136 Å². The zero-order chi connectivity index (χ0) is 28.7. The fraction of sp³-hybridized carbons (Fsp3) is 0.243. The van der Waals surface area contributed by atoms with Crippen LogP contribution in [-0.2, 0) is 19.3 Å². The fourth-order valence-corrected chi connectivity index (χ4v) is 6.04. The van der Waals surface area contributed by atoms with Crippen LogP contribution in [0.1, 0.15) is 56.4 Å². The summed E-state index contributed by atoms with van der Waals surface area (Å²) in [5.41, 5.74) is 12.2. The van der Waals surface area contributed by atoms with E-state index in [1.807, 2.05) is 0 Å². The Balaban J connectivity index is 1.23. The summed E-state index contributed by atoms with van der Waals surface area (Å²) in [5, 5.41) is 2.55. The molecule has 206 valence electrons. The molecule has 0 saturated heterocycles. The maximum absolute atomic E-state index is 5.05. The lowest BCUT2D eigenvalue weighted by Gasteiger charge is -2.13. The summed E-state index contributed by atoms with van der Waals surface area (Å²) in [6.07, 6.45) is 2.67. The largest absolute Gasteiger partial charge is 0.303 e. The van der Waals surface area contributed by atoms with Crippen molar-refractivity contribution in [3.8, 4) is 11.6 Å². The van der Waals surface area contributed by atoms with E-state index in [0.29, 0.717) is 0 Å². The molecule has 4 nitrogen and oxygen atoms in total. The summed E-state index contributed by atoms with van der Waals surface area (Å²) < 4.78 is 4.47. The quantitative estimate of drug-likeness (QED) is 0.204. The Bertz CT molecular complexity index is 1850. The van der Waals surface area contributed by atoms with E-state index in [1.165, 1.54) is 55.8 Å². The highest BCUT2D eigenvalue weighted by Gasteiger charge is 2.10. The Morgan fingerprint density at radius 3 is 1.54 bits per heavy atom. The van der Waals surface area contributed by atoms with Crippen LogP contribution in [0.5, 0.6) is 0 Å². The van der Waals surface area contributed by atoms with E-state index in [4.69, 9.17) is 9.97 Å². The molecule has 4 heterocycles. The first-order chi connectivity index (χ1) is 19.7. The van der Waals surface area contributed by atoms with Crippen molar-refractivity contribution in [2.24, 2.45) is 0 Å². The number of pyridine rings is 2. The highest BCUT2D eigenvalue weighted by molar-refractivity contribution is 5.84. The second kappa shape index (κ2) is 10.9. The fourth-order valence-electron chi connectivity index (χ4n) is 6.04. The van der Waals surface area contributed by atoms with Gasteiger partial charge in [0.2, 0.25) is 0 Å². The van der Waals surface area contributed by atoms with Crippen LogP contribution >= 0.6 is 0 Å². The molecule has 4 aromatic heterocycles. The van der Waals surface area contributed by atoms with Crippen LogP contribution in [0.4, 0.5) is 0 Å². The molecule has 0 radical (unpaired) electrons. The number of hydrogen-bond donors (Lipinski definition) is 0. The van der Waals surface area contributed by atoms with Gasteiger partial charge < -0.3 is 9.13 Å². The number of rotatable bonds is 7. The molecule has 0 N–H and O–H groups in total. The van der Waals surface area contributed by atoms with Gasteiger partial charge in [0.05, 0.1) is 0 Å². The molecule has 6 rings (SSSR count). The zero-order valence-electron chi connectivity index (χ0n) is 25.0. The number of nitrogens with zero attached hydrogens (tertiary/aromatic N) is 4. The Labute approximate surface area is 243 Å². The Kier molecular flexibility index (Phi) is 7.08. The van der Waals surface area contributed by atoms with E-state index in [9.17, 15) is 0 Å². The van der Waals surface area contributed by atoms with Crippen LogP contribution in [0.3, 0.4) is 0 Å². The molecule has 0 spiro atoms. The van der Waals surface area contributed by atoms with E-state index in [-0.39, 0.29) is 0 Å². The lowest BCUT2D eigenvalue weighted by molar-refractivity contribution is 0.862. The molecule has 0 aliphatic rings. The lowest BCUT2D eigenvalue weighted by Crippen LogP contribution is -2.05. The van der Waals surface area contributed by atoms with Gasteiger partial charge in [-0.25, -0.2) is 9.97 Å². The first-order valence-electron chi connectivity index (χ1n) is 14.5. The second-order valence-electron chi connectivity index (χ2n) is 11.6. The molecular weight excluding hydrogens is 500 g/mol. The molecule has 2 aromatic carbocycles. The minimum atomic E-state index is 0.808. The normalized spacial score (nSPS) is 11.5. The first-order valence-corrected chi connectivity index (χ1v) is 14.5. The van der Waals surface area contributed by atoms with Crippen molar-refractivity contribution in [2.45, 2.75) is 60.8 Å². The summed E-state index contributed by atoms with van der Waals surface area (Å²) >= 11 is 0. The van der Waals surface area contributed by atoms with Gasteiger partial charge in [0, 0.05) is 40.6 Å². The van der Waals surface area contributed by atoms with Gasteiger partial charge in [0.15, 0.2) is 0 Å². The van der Waals surface area contributed by atoms with Crippen molar-refractivity contribution in [2.75, 3.05) is 0 Å². The Hall–Kier alpha value is -4.44. The lowest BCUT2D eigenvalue weighted by atomic mass is 9.99. The van der Waals surface area contributed by atoms with E-state index in [2.05, 4.69) is 136 Å². The highest BCUT2D eigenvalue weighted by Crippen LogP contribution is 2.23. The average molecular weight is 539 g/mol. The summed E-state index contributed by atoms with van der Waals surface area (Å²) in [6, 6.07) is 31.0. The van der Waals surface area contributed by atoms with Gasteiger partial charge in [0.1, 0.15) is 11.6 Å². The number of fused-ring (bicyclic) bond motifs is 1. The monoisotopic (exact) mass is 538 g/mol. The van der Waals surface area contributed by atoms with E-state index in [1.54, 1.807) is 0 Å². The summed E-state index contributed by atoms with van der Waals surface area (Å²) in [7, 11) is 0. The summed E-state index contributed by atoms with van der Waals surface area (Å²) in [6.45, 7) is 12.9. The minimum absolute atomic E-state index is 0.808. The predicted molar refractivity (Wildman–Crippen MR) is 170 cm³/mol. The Morgan fingerprint density at radius 2 is 0.951 bits per heavy atom. The molecule has 6 aromatic rings. The topological polar surface area (TPSA) is 35.6 Å². The van der Waals surface area contributed by atoms with Gasteiger partial charge >= 0.3 is 0 Å². The average Bonchev–Trinajstić information content (AvgIpc) is 3.45. The molecule has 0 unspecified atom stereocenters. The molecule has 0 bridgehead atoms. The van der Waals surface area contributed by atoms with Crippen LogP contribution in [0.2, 0.25) is 0 Å². The number of aromatic nitrogens is 4. The molecule has 0 fully saturated rings. The summed E-state index contributed by atoms with van der Waals surface area (Å²) in [5.74, 6) is 2.01. The van der Waals surface area contributed by atoms with Gasteiger partial charge in [-0.2, -0.15) is 0 Å². The molecule has 0 amide bonds. The second-order valence-corrected chi connectivity index (χ2v) is 11.6. The number of aryl methyl sites for hydroxylation is 8. The minimum Gasteiger partial charge on any atom is -0.303 e. The highest BCUT2D eigenvalue weighted by atomic mass is 15.1. The third-order valence-electron chi connectivity index (χ3n) is 8.04. The molecule has 0 atom stereocenters. The van der Waals surface area contributed by atoms with Crippen LogP contribution in [0.25, 0.3) is 22.4 Å². The smallest absolute Gasteiger partial charge is 0.137 e. The van der Waals surface area contributed by atoms with Gasteiger partial charge in [-0.3, -0.25) is 0 Å². The molecule has 0 aliphatic carbocycles. The first kappa shape index (κ1) is 26.8. The van der Waals surface area contributed by atoms with Crippen LogP contribution in [0, 0.1) is 41.5 Å². The van der Waals surface area contributed by atoms with Gasteiger partial charge in [0.25, 0.3) is 0 Å². The van der Waals surface area contributed by atoms with Crippen LogP contribution in [0.15, 0.2) is 84.9 Å². The standard InChI is InChI=1S/C37H38N4/c1-24-17-34(38-36(19-24)40-26(3)7-8-27(40)4)16-13-30-11-14-32-15-12-31(22-33(32)21-30)23-35-18-25(2)20-37(39-35)41-28(5)9-10-29(41)6/h7-12,14-15,17-22H,13,16,23H2,1-6H3. The van der Waals surface area contributed by atoms with Crippen molar-refractivity contribution in [1.82, 2.24) is 19.1 Å². The van der Waals surface area contributed by atoms with Crippen LogP contribution in [-0.4, -0.2) is 19.1 Å². The third-order valence-corrected chi connectivity index (χ3v) is 8.04. The van der Waals surface area contributed by atoms with Crippen molar-refractivity contribution < 1.29 is 0 Å². The van der Waals surface area contributed by atoms with Crippen molar-refractivity contribution in [3.63, 3.8) is 0 Å².